The molecule has 0 bridgehead atoms. The zero-order valence-electron chi connectivity index (χ0n) is 8.95. The van der Waals surface area contributed by atoms with Crippen molar-refractivity contribution in [3.63, 3.8) is 0 Å². The number of halogens is 3. The lowest BCUT2D eigenvalue weighted by Gasteiger charge is -2.08. The highest BCUT2D eigenvalue weighted by Crippen LogP contribution is 2.25. The number of benzene rings is 1. The van der Waals surface area contributed by atoms with Crippen LogP contribution < -0.4 is 5.32 Å². The molecule has 0 atom stereocenters. The highest BCUT2D eigenvalue weighted by Gasteiger charge is 2.12. The van der Waals surface area contributed by atoms with Crippen LogP contribution in [0.4, 0.5) is 5.69 Å². The first-order valence-corrected chi connectivity index (χ1v) is 7.32. The number of carbonyl (C=O) groups is 1. The average Bonchev–Trinajstić information content (AvgIpc) is 2.35. The van der Waals surface area contributed by atoms with Gasteiger partial charge in [0.2, 0.25) is 0 Å². The fourth-order valence-electron chi connectivity index (χ4n) is 1.34. The number of pyridine rings is 1. The first-order valence-electron chi connectivity index (χ1n) is 4.94. The highest BCUT2D eigenvalue weighted by atomic mass is 79.9. The first-order chi connectivity index (χ1) is 8.58. The number of amides is 1. The molecule has 0 aliphatic carbocycles. The molecule has 1 heterocycles. The Morgan fingerprint density at radius 3 is 2.61 bits per heavy atom. The second-order valence-electron chi connectivity index (χ2n) is 3.43. The fourth-order valence-corrected chi connectivity index (χ4v) is 2.47. The van der Waals surface area contributed by atoms with Gasteiger partial charge in [0.15, 0.2) is 0 Å². The predicted octanol–water partition coefficient (Wildman–Crippen LogP) is 4.62. The van der Waals surface area contributed by atoms with E-state index in [0.29, 0.717) is 11.3 Å². The third-order valence-corrected chi connectivity index (χ3v) is 4.01. The molecule has 0 radical (unpaired) electrons. The van der Waals surface area contributed by atoms with Crippen LogP contribution in [-0.4, -0.2) is 10.9 Å². The molecule has 1 aromatic heterocycles. The maximum Gasteiger partial charge on any atom is 0.256 e. The van der Waals surface area contributed by atoms with E-state index in [2.05, 4.69) is 58.1 Å². The van der Waals surface area contributed by atoms with Crippen molar-refractivity contribution >= 4 is 59.4 Å². The van der Waals surface area contributed by atoms with Crippen LogP contribution in [0.25, 0.3) is 0 Å². The molecule has 0 spiro atoms. The van der Waals surface area contributed by atoms with Gasteiger partial charge in [-0.05, 0) is 56.1 Å². The van der Waals surface area contributed by atoms with Crippen molar-refractivity contribution < 1.29 is 4.79 Å². The molecule has 3 nitrogen and oxygen atoms in total. The number of anilines is 1. The lowest BCUT2D eigenvalue weighted by Crippen LogP contribution is -2.13. The van der Waals surface area contributed by atoms with E-state index < -0.39 is 0 Å². The van der Waals surface area contributed by atoms with Gasteiger partial charge < -0.3 is 5.32 Å². The molecule has 0 unspecified atom stereocenters. The van der Waals surface area contributed by atoms with Gasteiger partial charge >= 0.3 is 0 Å². The second-order valence-corrected chi connectivity index (χ2v) is 6.06. The van der Waals surface area contributed by atoms with Gasteiger partial charge in [-0.15, -0.1) is 0 Å². The van der Waals surface area contributed by atoms with E-state index >= 15 is 0 Å². The van der Waals surface area contributed by atoms with Crippen molar-refractivity contribution in [3.05, 3.63) is 55.6 Å². The van der Waals surface area contributed by atoms with Gasteiger partial charge in [0.1, 0.15) is 0 Å². The van der Waals surface area contributed by atoms with Gasteiger partial charge in [-0.25, -0.2) is 0 Å². The smallest absolute Gasteiger partial charge is 0.256 e. The molecule has 1 N–H and O–H groups in total. The van der Waals surface area contributed by atoms with Crippen molar-refractivity contribution in [2.75, 3.05) is 5.32 Å². The minimum Gasteiger partial charge on any atom is -0.321 e. The van der Waals surface area contributed by atoms with Crippen molar-refractivity contribution in [1.82, 2.24) is 4.98 Å². The highest BCUT2D eigenvalue weighted by molar-refractivity contribution is 9.11. The summed E-state index contributed by atoms with van der Waals surface area (Å²) in [4.78, 5) is 16.1. The van der Waals surface area contributed by atoms with E-state index in [1.165, 1.54) is 0 Å². The molecule has 18 heavy (non-hydrogen) atoms. The van der Waals surface area contributed by atoms with Gasteiger partial charge in [0.05, 0.1) is 15.7 Å². The number of hydrogen-bond donors (Lipinski definition) is 1. The van der Waals surface area contributed by atoms with Gasteiger partial charge in [0.25, 0.3) is 5.91 Å². The van der Waals surface area contributed by atoms with Crippen LogP contribution in [0.2, 0.25) is 0 Å². The van der Waals surface area contributed by atoms with E-state index in [9.17, 15) is 4.79 Å². The summed E-state index contributed by atoms with van der Waals surface area (Å²) in [6, 6.07) is 7.17. The van der Waals surface area contributed by atoms with E-state index in [4.69, 9.17) is 0 Å². The molecule has 92 valence electrons. The quantitative estimate of drug-likeness (QED) is 0.749. The van der Waals surface area contributed by atoms with Crippen LogP contribution in [0.15, 0.2) is 50.1 Å². The van der Waals surface area contributed by atoms with E-state index in [-0.39, 0.29) is 5.91 Å². The minimum atomic E-state index is -0.185. The Balaban J connectivity index is 2.28. The Morgan fingerprint density at radius 2 is 1.89 bits per heavy atom. The molecule has 2 rings (SSSR count). The standard InChI is InChI=1S/C12H7Br3N2O/c13-7-1-2-9(14)8(5-7)12(18)17-11-3-4-16-6-10(11)15/h1-6H,(H,16,17,18). The number of nitrogens with zero attached hydrogens (tertiary/aromatic N) is 1. The maximum absolute atomic E-state index is 12.1. The summed E-state index contributed by atoms with van der Waals surface area (Å²) in [6.07, 6.45) is 3.25. The molecule has 6 heteroatoms. The van der Waals surface area contributed by atoms with Gasteiger partial charge in [-0.1, -0.05) is 15.9 Å². The molecule has 2 aromatic rings. The van der Waals surface area contributed by atoms with E-state index in [0.717, 1.165) is 13.4 Å². The van der Waals surface area contributed by atoms with Crippen molar-refractivity contribution in [3.8, 4) is 0 Å². The first kappa shape index (κ1) is 13.7. The maximum atomic E-state index is 12.1. The summed E-state index contributed by atoms with van der Waals surface area (Å²) < 4.78 is 2.34. The molecule has 0 aliphatic heterocycles. The number of hydrogen-bond acceptors (Lipinski definition) is 2. The largest absolute Gasteiger partial charge is 0.321 e. The lowest BCUT2D eigenvalue weighted by molar-refractivity contribution is 0.102. The van der Waals surface area contributed by atoms with E-state index in [1.54, 1.807) is 24.5 Å². The van der Waals surface area contributed by atoms with Crippen molar-refractivity contribution in [2.24, 2.45) is 0 Å². The van der Waals surface area contributed by atoms with Crippen molar-refractivity contribution in [2.45, 2.75) is 0 Å². The number of nitrogens with one attached hydrogen (secondary N) is 1. The Bertz CT molecular complexity index is 602. The second kappa shape index (κ2) is 5.95. The summed E-state index contributed by atoms with van der Waals surface area (Å²) in [5.74, 6) is -0.185. The molecule has 0 saturated carbocycles. The summed E-state index contributed by atoms with van der Waals surface area (Å²) in [6.45, 7) is 0. The topological polar surface area (TPSA) is 42.0 Å². The third kappa shape index (κ3) is 3.18. The number of carbonyl (C=O) groups excluding carboxylic acids is 1. The normalized spacial score (nSPS) is 10.2. The molecular formula is C12H7Br3N2O. The summed E-state index contributed by atoms with van der Waals surface area (Å²) >= 11 is 10.0. The fraction of sp³-hybridized carbons (Fsp3) is 0. The monoisotopic (exact) mass is 432 g/mol. The SMILES string of the molecule is O=C(Nc1ccncc1Br)c1cc(Br)ccc1Br. The average molecular weight is 435 g/mol. The molecule has 0 aliphatic rings. The van der Waals surface area contributed by atoms with Crippen LogP contribution in [0, 0.1) is 0 Å². The molecule has 0 saturated heterocycles. The van der Waals surface area contributed by atoms with E-state index in [1.807, 2.05) is 12.1 Å². The molecule has 1 amide bonds. The van der Waals surface area contributed by atoms with Crippen LogP contribution in [-0.2, 0) is 0 Å². The van der Waals surface area contributed by atoms with Crippen molar-refractivity contribution in [1.29, 1.82) is 0 Å². The molecular weight excluding hydrogens is 428 g/mol. The molecule has 0 fully saturated rings. The Morgan fingerprint density at radius 1 is 1.11 bits per heavy atom. The van der Waals surface area contributed by atoms with Crippen LogP contribution in [0.5, 0.6) is 0 Å². The summed E-state index contributed by atoms with van der Waals surface area (Å²) in [5.41, 5.74) is 1.25. The predicted molar refractivity (Wildman–Crippen MR) is 81.7 cm³/mol. The Hall–Kier alpha value is -0.720. The van der Waals surface area contributed by atoms with Crippen LogP contribution in [0.3, 0.4) is 0 Å². The zero-order valence-corrected chi connectivity index (χ0v) is 13.7. The lowest BCUT2D eigenvalue weighted by atomic mass is 10.2. The molecule has 1 aromatic carbocycles. The number of rotatable bonds is 2. The van der Waals surface area contributed by atoms with Crippen LogP contribution >= 0.6 is 47.8 Å². The van der Waals surface area contributed by atoms with Gasteiger partial charge in [0, 0.05) is 21.3 Å². The summed E-state index contributed by atoms with van der Waals surface area (Å²) in [5, 5.41) is 2.82. The van der Waals surface area contributed by atoms with Gasteiger partial charge in [-0.3, -0.25) is 9.78 Å². The number of aromatic nitrogens is 1. The van der Waals surface area contributed by atoms with Gasteiger partial charge in [-0.2, -0.15) is 0 Å². The zero-order chi connectivity index (χ0) is 13.1. The Kier molecular flexibility index (Phi) is 4.53. The minimum absolute atomic E-state index is 0.185. The van der Waals surface area contributed by atoms with Crippen LogP contribution in [0.1, 0.15) is 10.4 Å². The Labute approximate surface area is 129 Å². The summed E-state index contributed by atoms with van der Waals surface area (Å²) in [7, 11) is 0. The third-order valence-electron chi connectivity index (χ3n) is 2.19.